The standard InChI is InChI=1S/C16H19N3O3/c1-18-6-8-19(9-7-18)10-12-14(16(21)22)17-13-5-3-2-4-11(13)15(12)20/h2-5H,6-10H2,1H3,(H,17,20)(H,21,22). The Hall–Kier alpha value is -2.18. The van der Waals surface area contributed by atoms with Gasteiger partial charge in [0.15, 0.2) is 5.69 Å². The topological polar surface area (TPSA) is 76.9 Å². The van der Waals surface area contributed by atoms with Crippen molar-refractivity contribution in [1.29, 1.82) is 0 Å². The first-order valence-corrected chi connectivity index (χ1v) is 7.31. The number of aromatic hydroxyl groups is 1. The van der Waals surface area contributed by atoms with Crippen LogP contribution < -0.4 is 0 Å². The van der Waals surface area contributed by atoms with Gasteiger partial charge in [-0.2, -0.15) is 0 Å². The van der Waals surface area contributed by atoms with Crippen molar-refractivity contribution in [3.8, 4) is 5.75 Å². The second-order valence-corrected chi connectivity index (χ2v) is 5.69. The van der Waals surface area contributed by atoms with Crippen LogP contribution in [0, 0.1) is 0 Å². The summed E-state index contributed by atoms with van der Waals surface area (Å²) in [6, 6.07) is 7.06. The molecule has 0 atom stereocenters. The minimum Gasteiger partial charge on any atom is -0.507 e. The summed E-state index contributed by atoms with van der Waals surface area (Å²) in [5.41, 5.74) is 0.838. The van der Waals surface area contributed by atoms with Crippen LogP contribution in [0.5, 0.6) is 5.75 Å². The lowest BCUT2D eigenvalue weighted by Crippen LogP contribution is -2.44. The molecule has 1 aliphatic heterocycles. The zero-order chi connectivity index (χ0) is 15.7. The molecule has 22 heavy (non-hydrogen) atoms. The molecule has 3 rings (SSSR count). The molecule has 0 radical (unpaired) electrons. The molecule has 116 valence electrons. The van der Waals surface area contributed by atoms with Crippen LogP contribution in [0.1, 0.15) is 16.1 Å². The number of piperazine rings is 1. The highest BCUT2D eigenvalue weighted by Crippen LogP contribution is 2.30. The Morgan fingerprint density at radius 1 is 1.23 bits per heavy atom. The first kappa shape index (κ1) is 14.7. The lowest BCUT2D eigenvalue weighted by molar-refractivity contribution is 0.0686. The molecule has 0 amide bonds. The first-order chi connectivity index (χ1) is 10.6. The summed E-state index contributed by atoms with van der Waals surface area (Å²) < 4.78 is 0. The SMILES string of the molecule is CN1CCN(Cc2c(C(=O)O)nc3ccccc3c2O)CC1. The molecule has 0 unspecified atom stereocenters. The van der Waals surface area contributed by atoms with Crippen molar-refractivity contribution in [1.82, 2.24) is 14.8 Å². The number of hydrogen-bond acceptors (Lipinski definition) is 5. The quantitative estimate of drug-likeness (QED) is 0.892. The number of likely N-dealkylation sites (N-methyl/N-ethyl adjacent to an activating group) is 1. The van der Waals surface area contributed by atoms with Gasteiger partial charge in [0.2, 0.25) is 0 Å². The number of carboxylic acids is 1. The highest BCUT2D eigenvalue weighted by molar-refractivity contribution is 5.95. The highest BCUT2D eigenvalue weighted by atomic mass is 16.4. The van der Waals surface area contributed by atoms with Crippen molar-refractivity contribution in [3.63, 3.8) is 0 Å². The summed E-state index contributed by atoms with van der Waals surface area (Å²) in [6.45, 7) is 3.97. The number of para-hydroxylation sites is 1. The normalized spacial score (nSPS) is 17.0. The van der Waals surface area contributed by atoms with Gasteiger partial charge in [0.05, 0.1) is 5.52 Å². The smallest absolute Gasteiger partial charge is 0.354 e. The average Bonchev–Trinajstić information content (AvgIpc) is 2.51. The van der Waals surface area contributed by atoms with Gasteiger partial charge in [-0.3, -0.25) is 4.90 Å². The molecule has 2 aromatic rings. The third kappa shape index (κ3) is 2.75. The van der Waals surface area contributed by atoms with E-state index in [1.807, 2.05) is 6.07 Å². The van der Waals surface area contributed by atoms with Crippen molar-refractivity contribution < 1.29 is 15.0 Å². The van der Waals surface area contributed by atoms with E-state index < -0.39 is 5.97 Å². The van der Waals surface area contributed by atoms with Crippen LogP contribution in [0.15, 0.2) is 24.3 Å². The predicted molar refractivity (Wildman–Crippen MR) is 83.1 cm³/mol. The Morgan fingerprint density at radius 2 is 1.91 bits per heavy atom. The summed E-state index contributed by atoms with van der Waals surface area (Å²) in [4.78, 5) is 20.1. The zero-order valence-corrected chi connectivity index (χ0v) is 12.5. The van der Waals surface area contributed by atoms with Crippen LogP contribution in [0.2, 0.25) is 0 Å². The molecule has 6 nitrogen and oxygen atoms in total. The lowest BCUT2D eigenvalue weighted by atomic mass is 10.1. The monoisotopic (exact) mass is 301 g/mol. The van der Waals surface area contributed by atoms with Gasteiger partial charge in [0.25, 0.3) is 0 Å². The van der Waals surface area contributed by atoms with Crippen LogP contribution in [0.25, 0.3) is 10.9 Å². The van der Waals surface area contributed by atoms with Gasteiger partial charge < -0.3 is 15.1 Å². The summed E-state index contributed by atoms with van der Waals surface area (Å²) >= 11 is 0. The number of nitrogens with zero attached hydrogens (tertiary/aromatic N) is 3. The average molecular weight is 301 g/mol. The van der Waals surface area contributed by atoms with E-state index in [1.54, 1.807) is 18.2 Å². The number of benzene rings is 1. The Balaban J connectivity index is 2.01. The van der Waals surface area contributed by atoms with E-state index in [2.05, 4.69) is 21.8 Å². The Morgan fingerprint density at radius 3 is 2.59 bits per heavy atom. The number of hydrogen-bond donors (Lipinski definition) is 2. The van der Waals surface area contributed by atoms with E-state index in [0.29, 0.717) is 23.0 Å². The highest BCUT2D eigenvalue weighted by Gasteiger charge is 2.23. The molecule has 0 bridgehead atoms. The van der Waals surface area contributed by atoms with Gasteiger partial charge in [-0.05, 0) is 19.2 Å². The number of rotatable bonds is 3. The van der Waals surface area contributed by atoms with Gasteiger partial charge in [-0.25, -0.2) is 9.78 Å². The maximum Gasteiger partial charge on any atom is 0.354 e. The number of carboxylic acid groups (broad SMARTS) is 1. The molecule has 2 N–H and O–H groups in total. The van der Waals surface area contributed by atoms with Crippen LogP contribution in [-0.2, 0) is 6.54 Å². The van der Waals surface area contributed by atoms with Crippen LogP contribution >= 0.6 is 0 Å². The fourth-order valence-electron chi connectivity index (χ4n) is 2.79. The number of aromatic carboxylic acids is 1. The van der Waals surface area contributed by atoms with E-state index in [0.717, 1.165) is 26.2 Å². The second-order valence-electron chi connectivity index (χ2n) is 5.69. The molecule has 2 heterocycles. The van der Waals surface area contributed by atoms with Crippen LogP contribution in [0.3, 0.4) is 0 Å². The van der Waals surface area contributed by atoms with E-state index in [1.165, 1.54) is 0 Å². The Labute approximate surface area is 128 Å². The molecular formula is C16H19N3O3. The largest absolute Gasteiger partial charge is 0.507 e. The molecule has 0 saturated carbocycles. The molecule has 1 aromatic carbocycles. The van der Waals surface area contributed by atoms with E-state index >= 15 is 0 Å². The number of pyridine rings is 1. The Bertz CT molecular complexity index is 709. The van der Waals surface area contributed by atoms with Crippen LogP contribution in [0.4, 0.5) is 0 Å². The fourth-order valence-corrected chi connectivity index (χ4v) is 2.79. The number of aromatic nitrogens is 1. The van der Waals surface area contributed by atoms with Crippen molar-refractivity contribution >= 4 is 16.9 Å². The van der Waals surface area contributed by atoms with E-state index in [-0.39, 0.29) is 11.4 Å². The summed E-state index contributed by atoms with van der Waals surface area (Å²) in [6.07, 6.45) is 0. The van der Waals surface area contributed by atoms with E-state index in [4.69, 9.17) is 0 Å². The molecular weight excluding hydrogens is 282 g/mol. The third-order valence-electron chi connectivity index (χ3n) is 4.14. The van der Waals surface area contributed by atoms with Gasteiger partial charge >= 0.3 is 5.97 Å². The molecule has 6 heteroatoms. The lowest BCUT2D eigenvalue weighted by Gasteiger charge is -2.32. The maximum absolute atomic E-state index is 11.5. The van der Waals surface area contributed by atoms with Crippen molar-refractivity contribution in [2.24, 2.45) is 0 Å². The van der Waals surface area contributed by atoms with Crippen molar-refractivity contribution in [2.45, 2.75) is 6.54 Å². The van der Waals surface area contributed by atoms with Gasteiger partial charge in [-0.15, -0.1) is 0 Å². The van der Waals surface area contributed by atoms with E-state index in [9.17, 15) is 15.0 Å². The summed E-state index contributed by atoms with van der Waals surface area (Å²) in [7, 11) is 2.06. The second kappa shape index (κ2) is 5.90. The number of fused-ring (bicyclic) bond motifs is 1. The molecule has 1 aliphatic rings. The molecule has 1 saturated heterocycles. The molecule has 1 aromatic heterocycles. The van der Waals surface area contributed by atoms with Gasteiger partial charge in [0.1, 0.15) is 5.75 Å². The first-order valence-electron chi connectivity index (χ1n) is 7.31. The van der Waals surface area contributed by atoms with Crippen molar-refractivity contribution in [3.05, 3.63) is 35.5 Å². The number of carbonyl (C=O) groups is 1. The van der Waals surface area contributed by atoms with Gasteiger partial charge in [-0.1, -0.05) is 12.1 Å². The molecule has 0 spiro atoms. The van der Waals surface area contributed by atoms with Gasteiger partial charge in [0, 0.05) is 43.7 Å². The van der Waals surface area contributed by atoms with Crippen LogP contribution in [-0.4, -0.2) is 64.2 Å². The minimum atomic E-state index is -1.11. The zero-order valence-electron chi connectivity index (χ0n) is 12.5. The Kier molecular flexibility index (Phi) is 3.96. The fraction of sp³-hybridized carbons (Fsp3) is 0.375. The van der Waals surface area contributed by atoms with Crippen molar-refractivity contribution in [2.75, 3.05) is 33.2 Å². The molecule has 0 aliphatic carbocycles. The maximum atomic E-state index is 11.5. The predicted octanol–water partition coefficient (Wildman–Crippen LogP) is 1.39. The summed E-state index contributed by atoms with van der Waals surface area (Å²) in [5, 5.41) is 20.5. The third-order valence-corrected chi connectivity index (χ3v) is 4.14. The molecule has 1 fully saturated rings. The minimum absolute atomic E-state index is 0.0296. The summed E-state index contributed by atoms with van der Waals surface area (Å²) in [5.74, 6) is -1.08.